The number of amides is 1. The number of carbonyl (C=O) groups is 2. The normalized spacial score (nSPS) is 11.1. The SMILES string of the molecule is COC(=O)c1ccc(NC(=O)CCCCOc2ccc(Cl)cc2C(C)(C)C)cc1. The lowest BCUT2D eigenvalue weighted by Gasteiger charge is -2.23. The summed E-state index contributed by atoms with van der Waals surface area (Å²) in [7, 11) is 1.33. The van der Waals surface area contributed by atoms with Crippen molar-refractivity contribution >= 4 is 29.2 Å². The molecule has 0 aliphatic rings. The van der Waals surface area contributed by atoms with Crippen molar-refractivity contribution in [1.29, 1.82) is 0 Å². The minimum atomic E-state index is -0.404. The standard InChI is InChI=1S/C23H28ClNO4/c1-23(2,3)19-15-17(24)10-13-20(19)29-14-6-5-7-21(26)25-18-11-8-16(9-12-18)22(27)28-4/h8-13,15H,5-7,14H2,1-4H3,(H,25,26). The number of hydrogen-bond donors (Lipinski definition) is 1. The van der Waals surface area contributed by atoms with E-state index >= 15 is 0 Å². The van der Waals surface area contributed by atoms with E-state index in [0.717, 1.165) is 17.7 Å². The maximum atomic E-state index is 12.1. The summed E-state index contributed by atoms with van der Waals surface area (Å²) in [4.78, 5) is 23.5. The predicted molar refractivity (Wildman–Crippen MR) is 116 cm³/mol. The van der Waals surface area contributed by atoms with Crippen molar-refractivity contribution in [2.75, 3.05) is 19.0 Å². The lowest BCUT2D eigenvalue weighted by atomic mass is 9.86. The summed E-state index contributed by atoms with van der Waals surface area (Å²) < 4.78 is 10.6. The van der Waals surface area contributed by atoms with Gasteiger partial charge in [-0.3, -0.25) is 4.79 Å². The molecule has 6 heteroatoms. The zero-order valence-corrected chi connectivity index (χ0v) is 18.1. The first kappa shape index (κ1) is 22.8. The molecule has 29 heavy (non-hydrogen) atoms. The Morgan fingerprint density at radius 1 is 1.03 bits per heavy atom. The molecule has 156 valence electrons. The third-order valence-corrected chi connectivity index (χ3v) is 4.63. The van der Waals surface area contributed by atoms with E-state index in [-0.39, 0.29) is 11.3 Å². The highest BCUT2D eigenvalue weighted by atomic mass is 35.5. The highest BCUT2D eigenvalue weighted by Gasteiger charge is 2.19. The first-order chi connectivity index (χ1) is 13.7. The van der Waals surface area contributed by atoms with Gasteiger partial charge in [-0.1, -0.05) is 32.4 Å². The molecule has 0 aliphatic heterocycles. The molecule has 0 saturated heterocycles. The van der Waals surface area contributed by atoms with Crippen LogP contribution in [-0.2, 0) is 14.9 Å². The minimum Gasteiger partial charge on any atom is -0.493 e. The van der Waals surface area contributed by atoms with Crippen LogP contribution in [0.5, 0.6) is 5.75 Å². The van der Waals surface area contributed by atoms with E-state index in [1.807, 2.05) is 18.2 Å². The van der Waals surface area contributed by atoms with Crippen LogP contribution in [0, 0.1) is 0 Å². The smallest absolute Gasteiger partial charge is 0.337 e. The molecule has 0 bridgehead atoms. The van der Waals surface area contributed by atoms with Gasteiger partial charge in [-0.2, -0.15) is 0 Å². The van der Waals surface area contributed by atoms with Crippen LogP contribution in [-0.4, -0.2) is 25.6 Å². The molecule has 0 unspecified atom stereocenters. The molecule has 0 aromatic heterocycles. The Morgan fingerprint density at radius 3 is 2.34 bits per heavy atom. The van der Waals surface area contributed by atoms with Gasteiger partial charge in [0.2, 0.25) is 5.91 Å². The maximum absolute atomic E-state index is 12.1. The molecular formula is C23H28ClNO4. The molecule has 0 atom stereocenters. The van der Waals surface area contributed by atoms with Gasteiger partial charge >= 0.3 is 5.97 Å². The summed E-state index contributed by atoms with van der Waals surface area (Å²) in [5.74, 6) is 0.355. The molecule has 2 aromatic rings. The second-order valence-electron chi connectivity index (χ2n) is 7.81. The van der Waals surface area contributed by atoms with Crippen LogP contribution in [0.2, 0.25) is 5.02 Å². The highest BCUT2D eigenvalue weighted by molar-refractivity contribution is 6.30. The first-order valence-corrected chi connectivity index (χ1v) is 9.99. The van der Waals surface area contributed by atoms with Gasteiger partial charge in [-0.25, -0.2) is 4.79 Å². The Hall–Kier alpha value is -2.53. The molecular weight excluding hydrogens is 390 g/mol. The van der Waals surface area contributed by atoms with Crippen LogP contribution in [0.25, 0.3) is 0 Å². The number of carbonyl (C=O) groups excluding carboxylic acids is 2. The van der Waals surface area contributed by atoms with E-state index in [1.165, 1.54) is 7.11 Å². The number of anilines is 1. The number of hydrogen-bond acceptors (Lipinski definition) is 4. The highest BCUT2D eigenvalue weighted by Crippen LogP contribution is 2.33. The van der Waals surface area contributed by atoms with Crippen LogP contribution in [0.3, 0.4) is 0 Å². The van der Waals surface area contributed by atoms with Crippen LogP contribution in [0.4, 0.5) is 5.69 Å². The summed E-state index contributed by atoms with van der Waals surface area (Å²) >= 11 is 6.12. The van der Waals surface area contributed by atoms with Crippen molar-refractivity contribution in [3.63, 3.8) is 0 Å². The predicted octanol–water partition coefficient (Wildman–Crippen LogP) is 5.61. The molecule has 0 saturated carbocycles. The fraction of sp³-hybridized carbons (Fsp3) is 0.391. The number of rotatable bonds is 8. The zero-order valence-electron chi connectivity index (χ0n) is 17.4. The number of nitrogens with one attached hydrogen (secondary N) is 1. The fourth-order valence-corrected chi connectivity index (χ4v) is 2.99. The number of esters is 1. The van der Waals surface area contributed by atoms with Gasteiger partial charge in [0.1, 0.15) is 5.75 Å². The van der Waals surface area contributed by atoms with Crippen molar-refractivity contribution in [2.45, 2.75) is 45.4 Å². The fourth-order valence-electron chi connectivity index (χ4n) is 2.81. The van der Waals surface area contributed by atoms with Crippen molar-refractivity contribution in [2.24, 2.45) is 0 Å². The van der Waals surface area contributed by atoms with Gasteiger partial charge in [0.25, 0.3) is 0 Å². The summed E-state index contributed by atoms with van der Waals surface area (Å²) in [6.45, 7) is 6.89. The monoisotopic (exact) mass is 417 g/mol. The van der Waals surface area contributed by atoms with Crippen molar-refractivity contribution < 1.29 is 19.1 Å². The average Bonchev–Trinajstić information content (AvgIpc) is 2.68. The van der Waals surface area contributed by atoms with E-state index in [9.17, 15) is 9.59 Å². The third kappa shape index (κ3) is 7.09. The van der Waals surface area contributed by atoms with E-state index in [1.54, 1.807) is 24.3 Å². The lowest BCUT2D eigenvalue weighted by molar-refractivity contribution is -0.116. The van der Waals surface area contributed by atoms with Crippen molar-refractivity contribution in [3.05, 3.63) is 58.6 Å². The maximum Gasteiger partial charge on any atom is 0.337 e. The van der Waals surface area contributed by atoms with Gasteiger partial charge in [0.15, 0.2) is 0 Å². The van der Waals surface area contributed by atoms with Gasteiger partial charge in [-0.15, -0.1) is 0 Å². The largest absolute Gasteiger partial charge is 0.493 e. The molecule has 0 radical (unpaired) electrons. The molecule has 2 aromatic carbocycles. The van der Waals surface area contributed by atoms with Crippen LogP contribution in [0.1, 0.15) is 56.0 Å². The molecule has 0 spiro atoms. The molecule has 0 aliphatic carbocycles. The van der Waals surface area contributed by atoms with Crippen LogP contribution >= 0.6 is 11.6 Å². The number of halogens is 1. The summed E-state index contributed by atoms with van der Waals surface area (Å²) in [6, 6.07) is 12.3. The Balaban J connectivity index is 1.76. The van der Waals surface area contributed by atoms with E-state index < -0.39 is 5.97 Å². The number of ether oxygens (including phenoxy) is 2. The Morgan fingerprint density at radius 2 is 1.72 bits per heavy atom. The van der Waals surface area contributed by atoms with E-state index in [4.69, 9.17) is 16.3 Å². The minimum absolute atomic E-state index is 0.0659. The number of methoxy groups -OCH3 is 1. The molecule has 1 N–H and O–H groups in total. The third-order valence-electron chi connectivity index (χ3n) is 4.40. The van der Waals surface area contributed by atoms with E-state index in [0.29, 0.717) is 35.7 Å². The summed E-state index contributed by atoms with van der Waals surface area (Å²) in [6.07, 6.45) is 1.88. The quantitative estimate of drug-likeness (QED) is 0.447. The molecule has 0 heterocycles. The first-order valence-electron chi connectivity index (χ1n) is 9.62. The van der Waals surface area contributed by atoms with E-state index in [2.05, 4.69) is 30.8 Å². The van der Waals surface area contributed by atoms with Gasteiger partial charge in [0.05, 0.1) is 19.3 Å². The molecule has 2 rings (SSSR count). The Bertz CT molecular complexity index is 841. The Labute approximate surface area is 177 Å². The second kappa shape index (κ2) is 10.3. The van der Waals surface area contributed by atoms with Gasteiger partial charge in [0, 0.05) is 22.7 Å². The molecule has 0 fully saturated rings. The average molecular weight is 418 g/mol. The summed E-state index contributed by atoms with van der Waals surface area (Å²) in [5.41, 5.74) is 2.09. The topological polar surface area (TPSA) is 64.6 Å². The number of unbranched alkanes of at least 4 members (excludes halogenated alkanes) is 1. The van der Waals surface area contributed by atoms with Crippen molar-refractivity contribution in [1.82, 2.24) is 0 Å². The number of benzene rings is 2. The second-order valence-corrected chi connectivity index (χ2v) is 8.25. The van der Waals surface area contributed by atoms with Crippen LogP contribution < -0.4 is 10.1 Å². The zero-order chi connectivity index (χ0) is 21.4. The van der Waals surface area contributed by atoms with Crippen molar-refractivity contribution in [3.8, 4) is 5.75 Å². The molecule has 5 nitrogen and oxygen atoms in total. The Kier molecular flexibility index (Phi) is 8.09. The van der Waals surface area contributed by atoms with Crippen LogP contribution in [0.15, 0.2) is 42.5 Å². The molecule has 1 amide bonds. The van der Waals surface area contributed by atoms with Gasteiger partial charge in [-0.05, 0) is 60.7 Å². The van der Waals surface area contributed by atoms with Gasteiger partial charge < -0.3 is 14.8 Å². The lowest BCUT2D eigenvalue weighted by Crippen LogP contribution is -2.14. The summed E-state index contributed by atoms with van der Waals surface area (Å²) in [5, 5.41) is 3.52.